The quantitative estimate of drug-likeness (QED) is 0.831. The first-order chi connectivity index (χ1) is 10.2. The minimum atomic E-state index is 0.0555. The van der Waals surface area contributed by atoms with Gasteiger partial charge in [-0.2, -0.15) is 5.10 Å². The van der Waals surface area contributed by atoms with E-state index in [2.05, 4.69) is 34.9 Å². The number of aromatic nitrogens is 2. The molecule has 2 rings (SSSR count). The van der Waals surface area contributed by atoms with Crippen LogP contribution in [0.25, 0.3) is 0 Å². The highest BCUT2D eigenvalue weighted by molar-refractivity contribution is 9.10. The number of hydrogen-bond acceptors (Lipinski definition) is 3. The van der Waals surface area contributed by atoms with Crippen LogP contribution in [0, 0.1) is 0 Å². The second-order valence-electron chi connectivity index (χ2n) is 4.76. The molecular weight excluding hydrogens is 332 g/mol. The molecule has 0 aliphatic carbocycles. The van der Waals surface area contributed by atoms with E-state index in [9.17, 15) is 5.11 Å². The Labute approximate surface area is 133 Å². The maximum Gasteiger partial charge on any atom is 0.119 e. The van der Waals surface area contributed by atoms with E-state index in [0.29, 0.717) is 13.2 Å². The lowest BCUT2D eigenvalue weighted by Crippen LogP contribution is -2.12. The van der Waals surface area contributed by atoms with Crippen molar-refractivity contribution in [3.05, 3.63) is 45.7 Å². The van der Waals surface area contributed by atoms with Crippen molar-refractivity contribution in [2.24, 2.45) is 0 Å². The SMILES string of the molecule is CCc1nn(CCOc2ccc(Br)cc2)c(CC)c1CO. The molecule has 0 spiro atoms. The molecule has 0 radical (unpaired) electrons. The third kappa shape index (κ3) is 3.86. The van der Waals surface area contributed by atoms with Gasteiger partial charge in [0.15, 0.2) is 0 Å². The summed E-state index contributed by atoms with van der Waals surface area (Å²) in [6.45, 7) is 5.45. The molecule has 21 heavy (non-hydrogen) atoms. The predicted octanol–water partition coefficient (Wildman–Crippen LogP) is 3.34. The maximum atomic E-state index is 9.52. The van der Waals surface area contributed by atoms with Gasteiger partial charge in [-0.05, 0) is 37.1 Å². The summed E-state index contributed by atoms with van der Waals surface area (Å²) in [5, 5.41) is 14.1. The lowest BCUT2D eigenvalue weighted by atomic mass is 10.1. The Bertz CT molecular complexity index is 579. The van der Waals surface area contributed by atoms with Crippen LogP contribution in [0.4, 0.5) is 0 Å². The molecule has 1 aromatic carbocycles. The van der Waals surface area contributed by atoms with Crippen molar-refractivity contribution in [2.45, 2.75) is 39.8 Å². The van der Waals surface area contributed by atoms with Crippen LogP contribution in [0.1, 0.15) is 30.8 Å². The molecule has 0 saturated heterocycles. The number of aryl methyl sites for hydroxylation is 1. The minimum absolute atomic E-state index is 0.0555. The number of rotatable bonds is 7. The van der Waals surface area contributed by atoms with E-state index in [1.807, 2.05) is 28.9 Å². The van der Waals surface area contributed by atoms with E-state index in [1.165, 1.54) is 0 Å². The van der Waals surface area contributed by atoms with Gasteiger partial charge in [0.05, 0.1) is 18.8 Å². The van der Waals surface area contributed by atoms with Crippen LogP contribution in [-0.2, 0) is 26.0 Å². The Hall–Kier alpha value is -1.33. The third-order valence-electron chi connectivity index (χ3n) is 3.46. The molecule has 0 saturated carbocycles. The van der Waals surface area contributed by atoms with Gasteiger partial charge < -0.3 is 9.84 Å². The lowest BCUT2D eigenvalue weighted by molar-refractivity contribution is 0.277. The maximum absolute atomic E-state index is 9.52. The first-order valence-electron chi connectivity index (χ1n) is 7.26. The summed E-state index contributed by atoms with van der Waals surface area (Å²) >= 11 is 3.40. The summed E-state index contributed by atoms with van der Waals surface area (Å²) in [5.74, 6) is 0.849. The molecule has 1 aromatic heterocycles. The Morgan fingerprint density at radius 2 is 1.90 bits per heavy atom. The van der Waals surface area contributed by atoms with Gasteiger partial charge in [-0.1, -0.05) is 29.8 Å². The Morgan fingerprint density at radius 1 is 1.19 bits per heavy atom. The fourth-order valence-electron chi connectivity index (χ4n) is 2.42. The zero-order valence-electron chi connectivity index (χ0n) is 12.5. The second kappa shape index (κ2) is 7.61. The van der Waals surface area contributed by atoms with Crippen LogP contribution in [0.15, 0.2) is 28.7 Å². The molecule has 2 aromatic rings. The molecular formula is C16H21BrN2O2. The first-order valence-corrected chi connectivity index (χ1v) is 8.05. The largest absolute Gasteiger partial charge is 0.492 e. The van der Waals surface area contributed by atoms with Crippen molar-refractivity contribution < 1.29 is 9.84 Å². The molecule has 0 atom stereocenters. The summed E-state index contributed by atoms with van der Waals surface area (Å²) in [7, 11) is 0. The molecule has 114 valence electrons. The van der Waals surface area contributed by atoms with Crippen LogP contribution >= 0.6 is 15.9 Å². The van der Waals surface area contributed by atoms with Gasteiger partial charge in [0, 0.05) is 15.7 Å². The monoisotopic (exact) mass is 352 g/mol. The van der Waals surface area contributed by atoms with Crippen molar-refractivity contribution in [3.63, 3.8) is 0 Å². The van der Waals surface area contributed by atoms with Gasteiger partial charge in [0.1, 0.15) is 12.4 Å². The summed E-state index contributed by atoms with van der Waals surface area (Å²) in [6.07, 6.45) is 1.70. The van der Waals surface area contributed by atoms with Gasteiger partial charge in [-0.3, -0.25) is 4.68 Å². The third-order valence-corrected chi connectivity index (χ3v) is 3.99. The van der Waals surface area contributed by atoms with Crippen LogP contribution in [0.5, 0.6) is 5.75 Å². The fraction of sp³-hybridized carbons (Fsp3) is 0.438. The number of ether oxygens (including phenoxy) is 1. The Balaban J connectivity index is 2.02. The summed E-state index contributed by atoms with van der Waals surface area (Å²) in [5.41, 5.74) is 3.07. The van der Waals surface area contributed by atoms with Crippen LogP contribution in [0.3, 0.4) is 0 Å². The fourth-order valence-corrected chi connectivity index (χ4v) is 2.68. The van der Waals surface area contributed by atoms with Crippen molar-refractivity contribution in [2.75, 3.05) is 6.61 Å². The van der Waals surface area contributed by atoms with E-state index in [0.717, 1.165) is 40.0 Å². The molecule has 4 nitrogen and oxygen atoms in total. The van der Waals surface area contributed by atoms with E-state index in [4.69, 9.17) is 4.74 Å². The van der Waals surface area contributed by atoms with E-state index >= 15 is 0 Å². The van der Waals surface area contributed by atoms with Crippen LogP contribution in [-0.4, -0.2) is 21.5 Å². The molecule has 0 fully saturated rings. The van der Waals surface area contributed by atoms with E-state index in [-0.39, 0.29) is 6.61 Å². The first kappa shape index (κ1) is 16.0. The average Bonchev–Trinajstić information content (AvgIpc) is 2.86. The van der Waals surface area contributed by atoms with Gasteiger partial charge >= 0.3 is 0 Å². The smallest absolute Gasteiger partial charge is 0.119 e. The van der Waals surface area contributed by atoms with Crippen LogP contribution < -0.4 is 4.74 Å². The van der Waals surface area contributed by atoms with Crippen molar-refractivity contribution in [1.29, 1.82) is 0 Å². The number of halogens is 1. The zero-order chi connectivity index (χ0) is 15.2. The molecule has 1 heterocycles. The summed E-state index contributed by atoms with van der Waals surface area (Å²) in [6, 6.07) is 7.79. The molecule has 0 amide bonds. The van der Waals surface area contributed by atoms with Gasteiger partial charge in [0.2, 0.25) is 0 Å². The topological polar surface area (TPSA) is 47.3 Å². The zero-order valence-corrected chi connectivity index (χ0v) is 14.1. The van der Waals surface area contributed by atoms with Crippen LogP contribution in [0.2, 0.25) is 0 Å². The second-order valence-corrected chi connectivity index (χ2v) is 5.68. The number of nitrogens with zero attached hydrogens (tertiary/aromatic N) is 2. The standard InChI is InChI=1S/C16H21BrN2O2/c1-3-15-14(11-20)16(4-2)19(18-15)9-10-21-13-7-5-12(17)6-8-13/h5-8,20H,3-4,9-11H2,1-2H3. The molecule has 0 unspecified atom stereocenters. The van der Waals surface area contributed by atoms with Crippen molar-refractivity contribution in [1.82, 2.24) is 9.78 Å². The predicted molar refractivity (Wildman–Crippen MR) is 86.5 cm³/mol. The van der Waals surface area contributed by atoms with Gasteiger partial charge in [0.25, 0.3) is 0 Å². The van der Waals surface area contributed by atoms with Gasteiger partial charge in [-0.25, -0.2) is 0 Å². The highest BCUT2D eigenvalue weighted by Gasteiger charge is 2.14. The average molecular weight is 353 g/mol. The minimum Gasteiger partial charge on any atom is -0.492 e. The van der Waals surface area contributed by atoms with Gasteiger partial charge in [-0.15, -0.1) is 0 Å². The molecule has 0 bridgehead atoms. The van der Waals surface area contributed by atoms with E-state index in [1.54, 1.807) is 0 Å². The number of hydrogen-bond donors (Lipinski definition) is 1. The normalized spacial score (nSPS) is 10.9. The molecule has 0 aliphatic heterocycles. The van der Waals surface area contributed by atoms with Crippen molar-refractivity contribution in [3.8, 4) is 5.75 Å². The Kier molecular flexibility index (Phi) is 5.82. The highest BCUT2D eigenvalue weighted by atomic mass is 79.9. The van der Waals surface area contributed by atoms with E-state index < -0.39 is 0 Å². The molecule has 1 N–H and O–H groups in total. The number of aliphatic hydroxyl groups excluding tert-OH is 1. The highest BCUT2D eigenvalue weighted by Crippen LogP contribution is 2.18. The summed E-state index contributed by atoms with van der Waals surface area (Å²) < 4.78 is 8.74. The lowest BCUT2D eigenvalue weighted by Gasteiger charge is -2.09. The Morgan fingerprint density at radius 3 is 2.48 bits per heavy atom. The molecule has 5 heteroatoms. The number of aliphatic hydroxyl groups is 1. The summed E-state index contributed by atoms with van der Waals surface area (Å²) in [4.78, 5) is 0. The molecule has 0 aliphatic rings. The number of benzene rings is 1. The van der Waals surface area contributed by atoms with Crippen molar-refractivity contribution >= 4 is 15.9 Å².